The number of carbonyl (C=O) groups excluding carboxylic acids is 1. The number of hydrogen-bond donors (Lipinski definition) is 1. The first kappa shape index (κ1) is 18.4. The van der Waals surface area contributed by atoms with Crippen LogP contribution in [0.2, 0.25) is 5.02 Å². The Morgan fingerprint density at radius 3 is 2.75 bits per heavy atom. The number of nitrogens with zero attached hydrogens (tertiary/aromatic N) is 2. The van der Waals surface area contributed by atoms with Gasteiger partial charge in [0.1, 0.15) is 5.56 Å². The van der Waals surface area contributed by atoms with Crippen LogP contribution in [0.3, 0.4) is 0 Å². The lowest BCUT2D eigenvalue weighted by Gasteiger charge is -2.09. The van der Waals surface area contributed by atoms with Crippen molar-refractivity contribution < 1.29 is 4.79 Å². The Kier molecular flexibility index (Phi) is 4.98. The second-order valence-electron chi connectivity index (χ2n) is 6.34. The molecule has 28 heavy (non-hydrogen) atoms. The number of thiazole rings is 1. The number of benzene rings is 2. The Morgan fingerprint density at radius 2 is 1.96 bits per heavy atom. The third-order valence-corrected chi connectivity index (χ3v) is 5.71. The van der Waals surface area contributed by atoms with Crippen molar-refractivity contribution in [3.63, 3.8) is 0 Å². The molecule has 2 heterocycles. The van der Waals surface area contributed by atoms with Gasteiger partial charge >= 0.3 is 0 Å². The van der Waals surface area contributed by atoms with Crippen LogP contribution < -0.4 is 10.9 Å². The summed E-state index contributed by atoms with van der Waals surface area (Å²) in [7, 11) is 0. The van der Waals surface area contributed by atoms with Crippen LogP contribution in [-0.4, -0.2) is 15.5 Å². The lowest BCUT2D eigenvalue weighted by molar-refractivity contribution is 0.102. The van der Waals surface area contributed by atoms with Crippen molar-refractivity contribution in [2.45, 2.75) is 13.5 Å². The molecule has 4 aromatic rings. The number of fused-ring (bicyclic) bond motifs is 1. The molecule has 0 unspecified atom stereocenters. The van der Waals surface area contributed by atoms with Crippen molar-refractivity contribution >= 4 is 44.2 Å². The number of pyridine rings is 1. The van der Waals surface area contributed by atoms with Gasteiger partial charge in [0, 0.05) is 11.2 Å². The first-order valence-electron chi connectivity index (χ1n) is 8.63. The van der Waals surface area contributed by atoms with Gasteiger partial charge in [-0.25, -0.2) is 4.98 Å². The van der Waals surface area contributed by atoms with E-state index < -0.39 is 5.91 Å². The lowest BCUT2D eigenvalue weighted by Crippen LogP contribution is -2.29. The summed E-state index contributed by atoms with van der Waals surface area (Å²) >= 11 is 7.57. The van der Waals surface area contributed by atoms with Crippen molar-refractivity contribution in [2.75, 3.05) is 5.32 Å². The topological polar surface area (TPSA) is 64.0 Å². The molecule has 140 valence electrons. The molecule has 0 aliphatic rings. The SMILES string of the molecule is Cc1cccc2sc(NC(=O)c3cccn(Cc4ccccc4Cl)c3=O)nc12. The molecule has 0 radical (unpaired) electrons. The number of hydrogen-bond acceptors (Lipinski definition) is 4. The summed E-state index contributed by atoms with van der Waals surface area (Å²) in [4.78, 5) is 29.9. The number of para-hydroxylation sites is 1. The predicted molar refractivity (Wildman–Crippen MR) is 114 cm³/mol. The Hall–Kier alpha value is -2.96. The van der Waals surface area contributed by atoms with Gasteiger partial charge in [0.25, 0.3) is 11.5 Å². The first-order valence-corrected chi connectivity index (χ1v) is 9.83. The minimum atomic E-state index is -0.477. The van der Waals surface area contributed by atoms with Crippen LogP contribution >= 0.6 is 22.9 Å². The largest absolute Gasteiger partial charge is 0.310 e. The monoisotopic (exact) mass is 409 g/mol. The van der Waals surface area contributed by atoms with Crippen LogP contribution in [-0.2, 0) is 6.54 Å². The number of nitrogens with one attached hydrogen (secondary N) is 1. The highest BCUT2D eigenvalue weighted by molar-refractivity contribution is 7.22. The van der Waals surface area contributed by atoms with E-state index in [0.717, 1.165) is 21.3 Å². The van der Waals surface area contributed by atoms with Gasteiger partial charge in [0.05, 0.1) is 16.8 Å². The normalized spacial score (nSPS) is 10.9. The van der Waals surface area contributed by atoms with E-state index in [1.54, 1.807) is 18.3 Å². The highest BCUT2D eigenvalue weighted by atomic mass is 35.5. The maximum atomic E-state index is 12.8. The molecule has 0 bridgehead atoms. The van der Waals surface area contributed by atoms with Crippen LogP contribution in [0.5, 0.6) is 0 Å². The van der Waals surface area contributed by atoms with Gasteiger partial charge in [-0.2, -0.15) is 0 Å². The smallest absolute Gasteiger partial charge is 0.263 e. The zero-order valence-electron chi connectivity index (χ0n) is 15.0. The van der Waals surface area contributed by atoms with Gasteiger partial charge in [-0.1, -0.05) is 53.3 Å². The van der Waals surface area contributed by atoms with Gasteiger partial charge in [-0.3, -0.25) is 14.9 Å². The van der Waals surface area contributed by atoms with Gasteiger partial charge in [0.15, 0.2) is 5.13 Å². The zero-order valence-corrected chi connectivity index (χ0v) is 16.6. The Bertz CT molecular complexity index is 1250. The molecule has 1 N–H and O–H groups in total. The van der Waals surface area contributed by atoms with Crippen molar-refractivity contribution in [1.29, 1.82) is 0 Å². The Morgan fingerprint density at radius 1 is 1.14 bits per heavy atom. The number of amides is 1. The standard InChI is InChI=1S/C21H16ClN3O2S/c1-13-6-4-10-17-18(13)23-21(28-17)24-19(26)15-8-5-11-25(20(15)27)12-14-7-2-3-9-16(14)22/h2-11H,12H2,1H3,(H,23,24,26). The van der Waals surface area contributed by atoms with Gasteiger partial charge in [0.2, 0.25) is 0 Å². The molecule has 5 nitrogen and oxygen atoms in total. The molecule has 1 amide bonds. The fourth-order valence-electron chi connectivity index (χ4n) is 2.95. The molecule has 0 spiro atoms. The molecule has 0 saturated heterocycles. The highest BCUT2D eigenvalue weighted by Gasteiger charge is 2.15. The van der Waals surface area contributed by atoms with Crippen molar-refractivity contribution in [3.8, 4) is 0 Å². The van der Waals surface area contributed by atoms with Gasteiger partial charge < -0.3 is 4.57 Å². The van der Waals surface area contributed by atoms with Crippen LogP contribution in [0.1, 0.15) is 21.5 Å². The summed E-state index contributed by atoms with van der Waals surface area (Å²) in [5.74, 6) is -0.477. The molecule has 0 aliphatic heterocycles. The second kappa shape index (κ2) is 7.58. The van der Waals surface area contributed by atoms with E-state index in [2.05, 4.69) is 10.3 Å². The van der Waals surface area contributed by atoms with Crippen molar-refractivity contribution in [3.05, 3.63) is 92.9 Å². The summed E-state index contributed by atoms with van der Waals surface area (Å²) < 4.78 is 2.46. The molecule has 2 aromatic carbocycles. The van der Waals surface area contributed by atoms with Crippen LogP contribution in [0.15, 0.2) is 65.6 Å². The second-order valence-corrected chi connectivity index (χ2v) is 7.78. The van der Waals surface area contributed by atoms with Crippen LogP contribution in [0, 0.1) is 6.92 Å². The average molecular weight is 410 g/mol. The third-order valence-electron chi connectivity index (χ3n) is 4.40. The van der Waals surface area contributed by atoms with Gasteiger partial charge in [-0.15, -0.1) is 0 Å². The van der Waals surface area contributed by atoms with E-state index in [4.69, 9.17) is 11.6 Å². The van der Waals surface area contributed by atoms with Crippen LogP contribution in [0.4, 0.5) is 5.13 Å². The van der Waals surface area contributed by atoms with Crippen molar-refractivity contribution in [2.24, 2.45) is 0 Å². The quantitative estimate of drug-likeness (QED) is 0.530. The van der Waals surface area contributed by atoms with E-state index in [0.29, 0.717) is 16.7 Å². The lowest BCUT2D eigenvalue weighted by atomic mass is 10.2. The maximum absolute atomic E-state index is 12.8. The van der Waals surface area contributed by atoms with Crippen LogP contribution in [0.25, 0.3) is 10.2 Å². The van der Waals surface area contributed by atoms with Crippen molar-refractivity contribution in [1.82, 2.24) is 9.55 Å². The van der Waals surface area contributed by atoms with E-state index in [-0.39, 0.29) is 11.1 Å². The molecule has 7 heteroatoms. The summed E-state index contributed by atoms with van der Waals surface area (Å²) in [6.45, 7) is 2.26. The number of aryl methyl sites for hydroxylation is 1. The van der Waals surface area contributed by atoms with E-state index in [1.165, 1.54) is 22.0 Å². The first-order chi connectivity index (χ1) is 13.5. The fraction of sp³-hybridized carbons (Fsp3) is 0.0952. The molecule has 0 atom stereocenters. The number of anilines is 1. The number of aromatic nitrogens is 2. The molecule has 4 rings (SSSR count). The highest BCUT2D eigenvalue weighted by Crippen LogP contribution is 2.28. The van der Waals surface area contributed by atoms with Gasteiger partial charge in [-0.05, 0) is 42.3 Å². The van der Waals surface area contributed by atoms with E-state index in [1.807, 2.05) is 43.3 Å². The fourth-order valence-corrected chi connectivity index (χ4v) is 4.08. The Balaban J connectivity index is 1.61. The van der Waals surface area contributed by atoms with E-state index >= 15 is 0 Å². The van der Waals surface area contributed by atoms with E-state index in [9.17, 15) is 9.59 Å². The summed E-state index contributed by atoms with van der Waals surface area (Å²) in [5.41, 5.74) is 2.39. The molecule has 0 saturated carbocycles. The third kappa shape index (κ3) is 3.56. The molecular formula is C21H16ClN3O2S. The number of carbonyl (C=O) groups is 1. The molecule has 0 aliphatic carbocycles. The molecule has 2 aromatic heterocycles. The average Bonchev–Trinajstić information content (AvgIpc) is 3.09. The minimum Gasteiger partial charge on any atom is -0.310 e. The molecular weight excluding hydrogens is 394 g/mol. The summed E-state index contributed by atoms with van der Waals surface area (Å²) in [6, 6.07) is 16.4. The summed E-state index contributed by atoms with van der Waals surface area (Å²) in [6.07, 6.45) is 1.64. The maximum Gasteiger partial charge on any atom is 0.263 e. The zero-order chi connectivity index (χ0) is 19.7. The molecule has 0 fully saturated rings. The minimum absolute atomic E-state index is 0.0607. The Labute approximate surface area is 170 Å². The number of rotatable bonds is 4. The summed E-state index contributed by atoms with van der Waals surface area (Å²) in [5, 5.41) is 3.79. The number of halogens is 1. The predicted octanol–water partition coefficient (Wildman–Crippen LogP) is 4.72.